The van der Waals surface area contributed by atoms with E-state index in [4.69, 9.17) is 5.41 Å². The molecule has 9 nitrogen and oxygen atoms in total. The minimum Gasteiger partial charge on any atom is -0.508 e. The second-order valence-electron chi connectivity index (χ2n) is 9.06. The van der Waals surface area contributed by atoms with E-state index in [1.54, 1.807) is 42.5 Å². The number of carbonyl (C=O) groups is 2. The number of carboxylic acid groups (broad SMARTS) is 2. The van der Waals surface area contributed by atoms with Gasteiger partial charge in [0.05, 0.1) is 16.8 Å². The van der Waals surface area contributed by atoms with Gasteiger partial charge in [0.1, 0.15) is 5.75 Å². The molecule has 0 unspecified atom stereocenters. The monoisotopic (exact) mass is 518 g/mol. The summed E-state index contributed by atoms with van der Waals surface area (Å²) in [7, 11) is 0. The van der Waals surface area contributed by atoms with Crippen molar-refractivity contribution in [2.75, 3.05) is 0 Å². The first-order chi connectivity index (χ1) is 18.7. The summed E-state index contributed by atoms with van der Waals surface area (Å²) in [4.78, 5) is 28.3. The van der Waals surface area contributed by atoms with Crippen LogP contribution in [0.2, 0.25) is 0 Å². The van der Waals surface area contributed by atoms with Crippen LogP contribution in [0.3, 0.4) is 0 Å². The first-order valence-electron chi connectivity index (χ1n) is 11.7. The topological polar surface area (TPSA) is 171 Å². The summed E-state index contributed by atoms with van der Waals surface area (Å²) < 4.78 is 0. The fourth-order valence-electron chi connectivity index (χ4n) is 5.37. The van der Waals surface area contributed by atoms with Crippen molar-refractivity contribution in [1.82, 2.24) is 0 Å². The molecule has 0 aliphatic heterocycles. The molecule has 6 aromatic carbocycles. The molecule has 0 fully saturated rings. The number of hydrogen-bond donors (Lipinski definition) is 6. The van der Waals surface area contributed by atoms with E-state index in [-0.39, 0.29) is 39.1 Å². The number of nitrogens with zero attached hydrogens (tertiary/aromatic N) is 1. The van der Waals surface area contributed by atoms with Crippen molar-refractivity contribution in [2.24, 2.45) is 4.99 Å². The number of carboxylic acids is 2. The van der Waals surface area contributed by atoms with E-state index in [1.165, 1.54) is 30.3 Å². The van der Waals surface area contributed by atoms with Crippen LogP contribution in [0.25, 0.3) is 43.1 Å². The van der Waals surface area contributed by atoms with Crippen molar-refractivity contribution in [1.29, 1.82) is 5.41 Å². The van der Waals surface area contributed by atoms with E-state index in [9.17, 15) is 35.1 Å². The lowest BCUT2D eigenvalue weighted by atomic mass is 9.84. The van der Waals surface area contributed by atoms with Crippen LogP contribution in [-0.4, -0.2) is 49.3 Å². The third kappa shape index (κ3) is 3.48. The Bertz CT molecular complexity index is 2010. The van der Waals surface area contributed by atoms with E-state index in [0.717, 1.165) is 0 Å². The molecule has 0 spiro atoms. The van der Waals surface area contributed by atoms with E-state index >= 15 is 0 Å². The number of aromatic carboxylic acids is 2. The van der Waals surface area contributed by atoms with Gasteiger partial charge in [-0.2, -0.15) is 0 Å². The smallest absolute Gasteiger partial charge is 0.336 e. The lowest BCUT2D eigenvalue weighted by Gasteiger charge is -2.19. The summed E-state index contributed by atoms with van der Waals surface area (Å²) in [6.45, 7) is 0. The summed E-state index contributed by atoms with van der Waals surface area (Å²) in [6.07, 6.45) is 0. The zero-order valence-corrected chi connectivity index (χ0v) is 19.9. The first kappa shape index (κ1) is 23.7. The fraction of sp³-hybridized carbons (Fsp3) is 0. The van der Waals surface area contributed by atoms with E-state index in [0.29, 0.717) is 37.7 Å². The van der Waals surface area contributed by atoms with Gasteiger partial charge in [0.2, 0.25) is 11.8 Å². The Hall–Kier alpha value is -5.70. The number of phenolic OH excluding ortho intramolecular Hbond substituents is 1. The standard InChI is InChI=1S/C30H18N2O7/c31-27(34)19-8-4-15-17-6-10-21(29(36)37)26-22(30(38)39)11-7-18(24(17)26)16-5-9-20(25(19)23(15)16)28(35)32-13-2-1-3-14(33)12-13/h1-12,33H,(H2,31,34)(H,32,35)(H,36,37)(H,38,39). The molecule has 0 aliphatic rings. The van der Waals surface area contributed by atoms with Crippen molar-refractivity contribution < 1.29 is 35.1 Å². The van der Waals surface area contributed by atoms with Crippen molar-refractivity contribution >= 4 is 72.5 Å². The Kier molecular flexibility index (Phi) is 5.11. The maximum Gasteiger partial charge on any atom is 0.336 e. The Morgan fingerprint density at radius 3 is 1.51 bits per heavy atom. The molecule has 9 heteroatoms. The number of aromatic hydroxyl groups is 1. The summed E-state index contributed by atoms with van der Waals surface area (Å²) in [5.74, 6) is -3.70. The Labute approximate surface area is 219 Å². The van der Waals surface area contributed by atoms with Gasteiger partial charge in [-0.3, -0.25) is 5.41 Å². The van der Waals surface area contributed by atoms with Crippen molar-refractivity contribution in [2.45, 2.75) is 0 Å². The maximum atomic E-state index is 12.1. The normalized spacial score (nSPS) is 12.1. The highest BCUT2D eigenvalue weighted by molar-refractivity contribution is 6.38. The number of phenols is 1. The Morgan fingerprint density at radius 2 is 1.05 bits per heavy atom. The highest BCUT2D eigenvalue weighted by atomic mass is 16.4. The maximum absolute atomic E-state index is 12.1. The summed E-state index contributed by atoms with van der Waals surface area (Å²) in [6, 6.07) is 18.4. The highest BCUT2D eigenvalue weighted by Gasteiger charge is 2.24. The average Bonchev–Trinajstić information content (AvgIpc) is 2.90. The molecule has 39 heavy (non-hydrogen) atoms. The van der Waals surface area contributed by atoms with Gasteiger partial charge in [-0.1, -0.05) is 30.3 Å². The minimum absolute atomic E-state index is 0.0371. The van der Waals surface area contributed by atoms with Gasteiger partial charge in [-0.05, 0) is 68.7 Å². The number of fused-ring (bicyclic) bond motifs is 2. The number of benzene rings is 6. The second-order valence-corrected chi connectivity index (χ2v) is 9.06. The average molecular weight is 518 g/mol. The quantitative estimate of drug-likeness (QED) is 0.0667. The van der Waals surface area contributed by atoms with Gasteiger partial charge in [-0.15, -0.1) is 0 Å². The second kappa shape index (κ2) is 8.42. The number of aliphatic hydroxyl groups excluding tert-OH is 2. The van der Waals surface area contributed by atoms with Crippen LogP contribution in [0.5, 0.6) is 5.75 Å². The van der Waals surface area contributed by atoms with Gasteiger partial charge in [0, 0.05) is 28.0 Å². The highest BCUT2D eigenvalue weighted by Crippen LogP contribution is 2.44. The molecular weight excluding hydrogens is 500 g/mol. The fourth-order valence-corrected chi connectivity index (χ4v) is 5.37. The molecule has 0 saturated carbocycles. The lowest BCUT2D eigenvalue weighted by molar-refractivity contribution is 0.0695. The van der Waals surface area contributed by atoms with Crippen LogP contribution in [-0.2, 0) is 0 Å². The zero-order valence-electron chi connectivity index (χ0n) is 19.9. The molecular formula is C30H18N2O7. The van der Waals surface area contributed by atoms with Gasteiger partial charge >= 0.3 is 11.9 Å². The minimum atomic E-state index is -1.26. The van der Waals surface area contributed by atoms with E-state index < -0.39 is 23.7 Å². The molecule has 6 rings (SSSR count). The molecule has 6 aromatic rings. The first-order valence-corrected chi connectivity index (χ1v) is 11.7. The molecule has 0 amide bonds. The van der Waals surface area contributed by atoms with Gasteiger partial charge in [0.15, 0.2) is 0 Å². The number of aliphatic imine (C=N–C) groups is 1. The van der Waals surface area contributed by atoms with Crippen LogP contribution in [0, 0.1) is 5.41 Å². The molecule has 0 atom stereocenters. The molecule has 0 saturated heterocycles. The molecule has 0 aliphatic carbocycles. The SMILES string of the molecule is N=C(O)c1ccc2c3ccc(C(=O)O)c4c(C(=O)O)ccc(c5ccc(C(O)=Nc6cccc(O)c6)c1c25)c43. The van der Waals surface area contributed by atoms with Gasteiger partial charge < -0.3 is 25.5 Å². The van der Waals surface area contributed by atoms with Crippen LogP contribution < -0.4 is 0 Å². The molecule has 190 valence electrons. The molecule has 0 heterocycles. The third-order valence-electron chi connectivity index (χ3n) is 6.92. The lowest BCUT2D eigenvalue weighted by Crippen LogP contribution is -2.07. The van der Waals surface area contributed by atoms with Crippen molar-refractivity contribution in [3.8, 4) is 5.75 Å². The Morgan fingerprint density at radius 1 is 0.590 bits per heavy atom. The summed E-state index contributed by atoms with van der Waals surface area (Å²) >= 11 is 0. The summed E-state index contributed by atoms with van der Waals surface area (Å²) in [5.41, 5.74) is 0.345. The zero-order chi connectivity index (χ0) is 27.6. The number of rotatable bonds is 5. The summed E-state index contributed by atoms with van der Waals surface area (Å²) in [5, 5.41) is 62.6. The van der Waals surface area contributed by atoms with Gasteiger partial charge in [-0.25, -0.2) is 14.6 Å². The largest absolute Gasteiger partial charge is 0.508 e. The van der Waals surface area contributed by atoms with Crippen molar-refractivity contribution in [3.63, 3.8) is 0 Å². The van der Waals surface area contributed by atoms with Gasteiger partial charge in [0.25, 0.3) is 0 Å². The van der Waals surface area contributed by atoms with E-state index in [1.807, 2.05) is 0 Å². The molecule has 0 bridgehead atoms. The molecule has 0 aromatic heterocycles. The predicted molar refractivity (Wildman–Crippen MR) is 148 cm³/mol. The number of aliphatic hydroxyl groups is 2. The number of hydrogen-bond acceptors (Lipinski definition) is 5. The van der Waals surface area contributed by atoms with Crippen LogP contribution >= 0.6 is 0 Å². The van der Waals surface area contributed by atoms with Crippen LogP contribution in [0.1, 0.15) is 31.8 Å². The van der Waals surface area contributed by atoms with Crippen LogP contribution in [0.15, 0.2) is 77.8 Å². The molecule has 6 N–H and O–H groups in total. The third-order valence-corrected chi connectivity index (χ3v) is 6.92. The predicted octanol–water partition coefficient (Wildman–Crippen LogP) is 6.36. The van der Waals surface area contributed by atoms with Crippen LogP contribution in [0.4, 0.5) is 5.69 Å². The Balaban J connectivity index is 1.81. The number of nitrogens with one attached hydrogen (secondary N) is 1. The molecule has 0 radical (unpaired) electrons. The van der Waals surface area contributed by atoms with Crippen molar-refractivity contribution in [3.05, 3.63) is 95.1 Å². The van der Waals surface area contributed by atoms with E-state index in [2.05, 4.69) is 4.99 Å².